The third-order valence-corrected chi connectivity index (χ3v) is 5.62. The van der Waals surface area contributed by atoms with Crippen LogP contribution in [0.4, 0.5) is 11.4 Å². The Bertz CT molecular complexity index is 1040. The molecular formula is C25H29N3O3. The number of amides is 1. The van der Waals surface area contributed by atoms with Crippen molar-refractivity contribution in [3.05, 3.63) is 54.2 Å². The van der Waals surface area contributed by atoms with Crippen LogP contribution in [0.15, 0.2) is 48.5 Å². The number of ether oxygens (including phenoxy) is 2. The summed E-state index contributed by atoms with van der Waals surface area (Å²) in [5.74, 6) is 1.16. The molecule has 162 valence electrons. The highest BCUT2D eigenvalue weighted by atomic mass is 16.5. The van der Waals surface area contributed by atoms with Crippen LogP contribution in [0.2, 0.25) is 0 Å². The van der Waals surface area contributed by atoms with E-state index in [2.05, 4.69) is 27.3 Å². The number of rotatable bonds is 7. The van der Waals surface area contributed by atoms with Gasteiger partial charge in [0.1, 0.15) is 11.5 Å². The smallest absolute Gasteiger partial charge is 0.262 e. The quantitative estimate of drug-likeness (QED) is 0.595. The van der Waals surface area contributed by atoms with E-state index in [1.165, 1.54) is 24.9 Å². The first-order valence-electron chi connectivity index (χ1n) is 10.9. The van der Waals surface area contributed by atoms with Crippen LogP contribution in [0.25, 0.3) is 10.9 Å². The van der Waals surface area contributed by atoms with Crippen LogP contribution >= 0.6 is 0 Å². The number of piperidine rings is 1. The zero-order chi connectivity index (χ0) is 21.6. The summed E-state index contributed by atoms with van der Waals surface area (Å²) < 4.78 is 11.2. The van der Waals surface area contributed by atoms with E-state index in [1.807, 2.05) is 43.3 Å². The molecule has 6 heteroatoms. The lowest BCUT2D eigenvalue weighted by molar-refractivity contribution is -0.118. The van der Waals surface area contributed by atoms with Gasteiger partial charge in [0.2, 0.25) is 0 Å². The third-order valence-electron chi connectivity index (χ3n) is 5.62. The molecule has 2 heterocycles. The van der Waals surface area contributed by atoms with Gasteiger partial charge in [0.15, 0.2) is 6.61 Å². The van der Waals surface area contributed by atoms with Gasteiger partial charge in [-0.05, 0) is 68.1 Å². The van der Waals surface area contributed by atoms with Gasteiger partial charge in [-0.2, -0.15) is 0 Å². The summed E-state index contributed by atoms with van der Waals surface area (Å²) in [6.07, 6.45) is 4.58. The number of hydrogen-bond acceptors (Lipinski definition) is 5. The van der Waals surface area contributed by atoms with Crippen molar-refractivity contribution in [1.82, 2.24) is 4.98 Å². The summed E-state index contributed by atoms with van der Waals surface area (Å²) in [7, 11) is 1.62. The van der Waals surface area contributed by atoms with Crippen molar-refractivity contribution in [2.45, 2.75) is 32.6 Å². The first-order chi connectivity index (χ1) is 15.2. The van der Waals surface area contributed by atoms with Crippen molar-refractivity contribution >= 4 is 28.2 Å². The second-order valence-corrected chi connectivity index (χ2v) is 7.78. The Morgan fingerprint density at radius 2 is 1.84 bits per heavy atom. The number of nitrogens with zero attached hydrogens (tertiary/aromatic N) is 2. The minimum atomic E-state index is -0.198. The van der Waals surface area contributed by atoms with Crippen LogP contribution in [0, 0.1) is 0 Å². The number of fused-ring (bicyclic) bond motifs is 1. The Morgan fingerprint density at radius 1 is 1.06 bits per heavy atom. The fourth-order valence-electron chi connectivity index (χ4n) is 3.90. The van der Waals surface area contributed by atoms with E-state index < -0.39 is 0 Å². The van der Waals surface area contributed by atoms with Crippen LogP contribution in [0.5, 0.6) is 11.5 Å². The number of anilines is 2. The molecule has 1 aliphatic heterocycles. The van der Waals surface area contributed by atoms with E-state index in [-0.39, 0.29) is 12.5 Å². The molecule has 31 heavy (non-hydrogen) atoms. The molecule has 0 aliphatic carbocycles. The Labute approximate surface area is 183 Å². The lowest BCUT2D eigenvalue weighted by Gasteiger charge is -2.28. The van der Waals surface area contributed by atoms with E-state index in [9.17, 15) is 4.79 Å². The molecule has 1 aliphatic rings. The topological polar surface area (TPSA) is 63.7 Å². The number of carbonyl (C=O) groups excluding carboxylic acids is 1. The van der Waals surface area contributed by atoms with Crippen molar-refractivity contribution in [3.8, 4) is 11.5 Å². The molecule has 0 bridgehead atoms. The molecule has 6 nitrogen and oxygen atoms in total. The number of carbonyl (C=O) groups is 1. The number of hydrogen-bond donors (Lipinski definition) is 1. The number of aryl methyl sites for hydroxylation is 1. The maximum atomic E-state index is 12.5. The van der Waals surface area contributed by atoms with E-state index in [0.717, 1.165) is 47.5 Å². The summed E-state index contributed by atoms with van der Waals surface area (Å²) in [4.78, 5) is 19.5. The van der Waals surface area contributed by atoms with Crippen LogP contribution in [-0.2, 0) is 11.2 Å². The molecular weight excluding hydrogens is 390 g/mol. The van der Waals surface area contributed by atoms with Gasteiger partial charge in [-0.3, -0.25) is 9.78 Å². The van der Waals surface area contributed by atoms with E-state index in [0.29, 0.717) is 5.75 Å². The fourth-order valence-corrected chi connectivity index (χ4v) is 3.90. The lowest BCUT2D eigenvalue weighted by atomic mass is 10.1. The maximum absolute atomic E-state index is 12.5. The molecule has 0 radical (unpaired) electrons. The van der Waals surface area contributed by atoms with Gasteiger partial charge in [0.05, 0.1) is 12.6 Å². The third kappa shape index (κ3) is 5.08. The van der Waals surface area contributed by atoms with Gasteiger partial charge in [0.25, 0.3) is 5.91 Å². The standard InChI is InChI=1S/C25H29N3O3/c1-3-18-15-24(22-16-21(30-2)11-12-23(22)26-18)31-17-25(29)27-19-7-9-20(10-8-19)28-13-5-4-6-14-28/h7-12,15-16H,3-6,13-14,17H2,1-2H3,(H,27,29). The minimum absolute atomic E-state index is 0.0760. The minimum Gasteiger partial charge on any atom is -0.497 e. The average molecular weight is 420 g/mol. The zero-order valence-electron chi connectivity index (χ0n) is 18.2. The highest BCUT2D eigenvalue weighted by Gasteiger charge is 2.12. The Balaban J connectivity index is 1.42. The lowest BCUT2D eigenvalue weighted by Crippen LogP contribution is -2.29. The van der Waals surface area contributed by atoms with Gasteiger partial charge >= 0.3 is 0 Å². The number of methoxy groups -OCH3 is 1. The average Bonchev–Trinajstić information content (AvgIpc) is 2.83. The number of aromatic nitrogens is 1. The van der Waals surface area contributed by atoms with Crippen LogP contribution in [-0.4, -0.2) is 37.7 Å². The molecule has 2 aromatic carbocycles. The molecule has 0 spiro atoms. The monoisotopic (exact) mass is 419 g/mol. The Morgan fingerprint density at radius 3 is 2.55 bits per heavy atom. The summed E-state index contributed by atoms with van der Waals surface area (Å²) in [5, 5.41) is 3.75. The van der Waals surface area contributed by atoms with Gasteiger partial charge in [0, 0.05) is 41.6 Å². The summed E-state index contributed by atoms with van der Waals surface area (Å²) in [5.41, 5.74) is 3.72. The summed E-state index contributed by atoms with van der Waals surface area (Å²) in [6, 6.07) is 15.6. The Kier molecular flexibility index (Phi) is 6.55. The van der Waals surface area contributed by atoms with Crippen molar-refractivity contribution in [1.29, 1.82) is 0 Å². The largest absolute Gasteiger partial charge is 0.497 e. The normalized spacial score (nSPS) is 13.8. The number of nitrogens with one attached hydrogen (secondary N) is 1. The molecule has 1 fully saturated rings. The summed E-state index contributed by atoms with van der Waals surface area (Å²) in [6.45, 7) is 4.17. The van der Waals surface area contributed by atoms with Gasteiger partial charge in [-0.1, -0.05) is 6.92 Å². The highest BCUT2D eigenvalue weighted by Crippen LogP contribution is 2.29. The molecule has 1 saturated heterocycles. The highest BCUT2D eigenvalue weighted by molar-refractivity contribution is 5.93. The van der Waals surface area contributed by atoms with Crippen molar-refractivity contribution in [2.24, 2.45) is 0 Å². The molecule has 1 N–H and O–H groups in total. The number of pyridine rings is 1. The maximum Gasteiger partial charge on any atom is 0.262 e. The molecule has 0 atom stereocenters. The molecule has 3 aromatic rings. The van der Waals surface area contributed by atoms with Gasteiger partial charge in [-0.25, -0.2) is 0 Å². The molecule has 0 unspecified atom stereocenters. The van der Waals surface area contributed by atoms with Crippen molar-refractivity contribution in [2.75, 3.05) is 37.0 Å². The first kappa shape index (κ1) is 21.0. The van der Waals surface area contributed by atoms with Gasteiger partial charge < -0.3 is 19.7 Å². The molecule has 0 saturated carbocycles. The van der Waals surface area contributed by atoms with Gasteiger partial charge in [-0.15, -0.1) is 0 Å². The molecule has 4 rings (SSSR count). The van der Waals surface area contributed by atoms with Crippen LogP contribution < -0.4 is 19.7 Å². The van der Waals surface area contributed by atoms with Crippen molar-refractivity contribution < 1.29 is 14.3 Å². The van der Waals surface area contributed by atoms with Crippen molar-refractivity contribution in [3.63, 3.8) is 0 Å². The molecule has 1 aromatic heterocycles. The predicted molar refractivity (Wildman–Crippen MR) is 124 cm³/mol. The van der Waals surface area contributed by atoms with Crippen LogP contribution in [0.3, 0.4) is 0 Å². The second-order valence-electron chi connectivity index (χ2n) is 7.78. The predicted octanol–water partition coefficient (Wildman–Crippen LogP) is 4.81. The fraction of sp³-hybridized carbons (Fsp3) is 0.360. The SMILES string of the molecule is CCc1cc(OCC(=O)Nc2ccc(N3CCCCC3)cc2)c2cc(OC)ccc2n1. The Hall–Kier alpha value is -3.28. The van der Waals surface area contributed by atoms with E-state index in [4.69, 9.17) is 9.47 Å². The number of benzene rings is 2. The van der Waals surface area contributed by atoms with E-state index in [1.54, 1.807) is 7.11 Å². The zero-order valence-corrected chi connectivity index (χ0v) is 18.2. The molecule has 1 amide bonds. The van der Waals surface area contributed by atoms with Crippen LogP contribution in [0.1, 0.15) is 31.9 Å². The second kappa shape index (κ2) is 9.69. The first-order valence-corrected chi connectivity index (χ1v) is 10.9. The summed E-state index contributed by atoms with van der Waals surface area (Å²) >= 11 is 0. The van der Waals surface area contributed by atoms with E-state index >= 15 is 0 Å².